The van der Waals surface area contributed by atoms with E-state index in [-0.39, 0.29) is 5.91 Å². The van der Waals surface area contributed by atoms with Crippen molar-refractivity contribution in [3.8, 4) is 0 Å². The van der Waals surface area contributed by atoms with Crippen LogP contribution in [0.5, 0.6) is 0 Å². The fourth-order valence-corrected chi connectivity index (χ4v) is 2.96. The normalized spacial score (nSPS) is 23.1. The Morgan fingerprint density at radius 2 is 2.11 bits per heavy atom. The molecule has 0 spiro atoms. The summed E-state index contributed by atoms with van der Waals surface area (Å²) in [7, 11) is 0. The number of aryl methyl sites for hydroxylation is 1. The van der Waals surface area contributed by atoms with Gasteiger partial charge in [0.05, 0.1) is 0 Å². The summed E-state index contributed by atoms with van der Waals surface area (Å²) in [6.45, 7) is 4.16. The van der Waals surface area contributed by atoms with E-state index in [4.69, 9.17) is 0 Å². The molecular formula is C16H24N2O. The third kappa shape index (κ3) is 4.05. The second-order valence-electron chi connectivity index (χ2n) is 5.67. The first-order valence-corrected chi connectivity index (χ1v) is 7.42. The molecule has 1 aliphatic rings. The Balaban J connectivity index is 1.84. The van der Waals surface area contributed by atoms with Crippen molar-refractivity contribution in [2.75, 3.05) is 0 Å². The fourth-order valence-electron chi connectivity index (χ4n) is 2.96. The highest BCUT2D eigenvalue weighted by molar-refractivity contribution is 5.94. The summed E-state index contributed by atoms with van der Waals surface area (Å²) in [5.41, 5.74) is 1.61. The van der Waals surface area contributed by atoms with Gasteiger partial charge in [-0.3, -0.25) is 9.78 Å². The predicted octanol–water partition coefficient (Wildman–Crippen LogP) is 3.48. The molecule has 3 nitrogen and oxygen atoms in total. The minimum atomic E-state index is 0.0458. The molecule has 0 aromatic carbocycles. The number of hydrogen-bond donors (Lipinski definition) is 1. The van der Waals surface area contributed by atoms with Crippen LogP contribution in [0, 0.1) is 12.8 Å². The molecule has 0 atom stereocenters. The van der Waals surface area contributed by atoms with E-state index in [0.717, 1.165) is 30.0 Å². The molecule has 0 saturated heterocycles. The Morgan fingerprint density at radius 3 is 2.74 bits per heavy atom. The molecule has 104 valence electrons. The van der Waals surface area contributed by atoms with E-state index in [9.17, 15) is 4.79 Å². The smallest absolute Gasteiger partial charge is 0.251 e. The molecule has 1 fully saturated rings. The van der Waals surface area contributed by atoms with Crippen LogP contribution in [0.2, 0.25) is 0 Å². The van der Waals surface area contributed by atoms with E-state index in [1.54, 1.807) is 12.3 Å². The van der Waals surface area contributed by atoms with Gasteiger partial charge in [0.2, 0.25) is 0 Å². The van der Waals surface area contributed by atoms with E-state index in [2.05, 4.69) is 17.2 Å². The van der Waals surface area contributed by atoms with Crippen LogP contribution in [0.15, 0.2) is 18.3 Å². The minimum absolute atomic E-state index is 0.0458. The second kappa shape index (κ2) is 6.69. The molecule has 1 aromatic heterocycles. The van der Waals surface area contributed by atoms with Crippen LogP contribution in [-0.4, -0.2) is 16.9 Å². The maximum Gasteiger partial charge on any atom is 0.251 e. The number of carbonyl (C=O) groups excluding carboxylic acids is 1. The highest BCUT2D eigenvalue weighted by atomic mass is 16.1. The van der Waals surface area contributed by atoms with Gasteiger partial charge in [-0.2, -0.15) is 0 Å². The number of rotatable bonds is 4. The maximum absolute atomic E-state index is 12.1. The van der Waals surface area contributed by atoms with Crippen LogP contribution in [0.25, 0.3) is 0 Å². The number of carbonyl (C=O) groups is 1. The van der Waals surface area contributed by atoms with Gasteiger partial charge in [0.25, 0.3) is 5.91 Å². The zero-order valence-corrected chi connectivity index (χ0v) is 12.0. The molecular weight excluding hydrogens is 236 g/mol. The molecule has 3 heteroatoms. The highest BCUT2D eigenvalue weighted by Crippen LogP contribution is 2.27. The number of hydrogen-bond acceptors (Lipinski definition) is 2. The fraction of sp³-hybridized carbons (Fsp3) is 0.625. The lowest BCUT2D eigenvalue weighted by Gasteiger charge is -2.29. The van der Waals surface area contributed by atoms with Crippen molar-refractivity contribution in [3.05, 3.63) is 29.6 Å². The molecule has 1 aromatic rings. The number of nitrogens with zero attached hydrogens (tertiary/aromatic N) is 1. The third-order valence-corrected chi connectivity index (χ3v) is 4.04. The molecule has 0 radical (unpaired) electrons. The topological polar surface area (TPSA) is 42.0 Å². The molecule has 1 aliphatic carbocycles. The summed E-state index contributed by atoms with van der Waals surface area (Å²) >= 11 is 0. The quantitative estimate of drug-likeness (QED) is 0.900. The first-order chi connectivity index (χ1) is 9.19. The summed E-state index contributed by atoms with van der Waals surface area (Å²) in [4.78, 5) is 16.3. The Hall–Kier alpha value is -1.38. The standard InChI is InChI=1S/C16H24N2O/c1-3-4-13-5-7-15(8-6-13)18-16(19)14-9-10-17-12(2)11-14/h9-11,13,15H,3-8H2,1-2H3,(H,18,19). The summed E-state index contributed by atoms with van der Waals surface area (Å²) in [5.74, 6) is 0.922. The summed E-state index contributed by atoms with van der Waals surface area (Å²) < 4.78 is 0. The Bertz CT molecular complexity index is 423. The molecule has 1 amide bonds. The average molecular weight is 260 g/mol. The third-order valence-electron chi connectivity index (χ3n) is 4.04. The minimum Gasteiger partial charge on any atom is -0.349 e. The van der Waals surface area contributed by atoms with Crippen LogP contribution in [0.3, 0.4) is 0 Å². The molecule has 1 saturated carbocycles. The molecule has 1 heterocycles. The van der Waals surface area contributed by atoms with Gasteiger partial charge in [-0.15, -0.1) is 0 Å². The van der Waals surface area contributed by atoms with Gasteiger partial charge >= 0.3 is 0 Å². The van der Waals surface area contributed by atoms with Crippen LogP contribution in [-0.2, 0) is 0 Å². The van der Waals surface area contributed by atoms with E-state index in [1.807, 2.05) is 13.0 Å². The van der Waals surface area contributed by atoms with E-state index in [1.165, 1.54) is 25.7 Å². The molecule has 1 N–H and O–H groups in total. The SMILES string of the molecule is CCCC1CCC(NC(=O)c2ccnc(C)c2)CC1. The van der Waals surface area contributed by atoms with Crippen molar-refractivity contribution in [1.29, 1.82) is 0 Å². The van der Waals surface area contributed by atoms with Crippen molar-refractivity contribution in [2.45, 2.75) is 58.4 Å². The predicted molar refractivity (Wildman–Crippen MR) is 77.1 cm³/mol. The number of aromatic nitrogens is 1. The lowest BCUT2D eigenvalue weighted by Crippen LogP contribution is -2.37. The lowest BCUT2D eigenvalue weighted by molar-refractivity contribution is 0.0921. The second-order valence-corrected chi connectivity index (χ2v) is 5.67. The largest absolute Gasteiger partial charge is 0.349 e. The number of nitrogens with one attached hydrogen (secondary N) is 1. The molecule has 0 unspecified atom stereocenters. The molecule has 2 rings (SSSR count). The van der Waals surface area contributed by atoms with Gasteiger partial charge in [-0.05, 0) is 50.7 Å². The zero-order valence-electron chi connectivity index (χ0n) is 12.0. The number of pyridine rings is 1. The van der Waals surface area contributed by atoms with Crippen molar-refractivity contribution < 1.29 is 4.79 Å². The molecule has 19 heavy (non-hydrogen) atoms. The van der Waals surface area contributed by atoms with Crippen LogP contribution < -0.4 is 5.32 Å². The van der Waals surface area contributed by atoms with Gasteiger partial charge in [0, 0.05) is 23.5 Å². The Morgan fingerprint density at radius 1 is 1.37 bits per heavy atom. The van der Waals surface area contributed by atoms with Crippen molar-refractivity contribution in [3.63, 3.8) is 0 Å². The molecule has 0 aliphatic heterocycles. The first-order valence-electron chi connectivity index (χ1n) is 7.42. The summed E-state index contributed by atoms with van der Waals surface area (Å²) in [6, 6.07) is 3.98. The van der Waals surface area contributed by atoms with Crippen LogP contribution in [0.4, 0.5) is 0 Å². The summed E-state index contributed by atoms with van der Waals surface area (Å²) in [5, 5.41) is 3.16. The monoisotopic (exact) mass is 260 g/mol. The Labute approximate surface area is 115 Å². The van der Waals surface area contributed by atoms with Crippen molar-refractivity contribution in [2.24, 2.45) is 5.92 Å². The number of amides is 1. The van der Waals surface area contributed by atoms with Gasteiger partial charge < -0.3 is 5.32 Å². The van der Waals surface area contributed by atoms with Crippen LogP contribution in [0.1, 0.15) is 61.5 Å². The van der Waals surface area contributed by atoms with E-state index in [0.29, 0.717) is 6.04 Å². The van der Waals surface area contributed by atoms with Crippen molar-refractivity contribution in [1.82, 2.24) is 10.3 Å². The van der Waals surface area contributed by atoms with Crippen molar-refractivity contribution >= 4 is 5.91 Å². The first kappa shape index (κ1) is 14.0. The van der Waals surface area contributed by atoms with E-state index >= 15 is 0 Å². The maximum atomic E-state index is 12.1. The van der Waals surface area contributed by atoms with E-state index < -0.39 is 0 Å². The lowest BCUT2D eigenvalue weighted by atomic mass is 9.83. The van der Waals surface area contributed by atoms with Gasteiger partial charge in [-0.25, -0.2) is 0 Å². The van der Waals surface area contributed by atoms with Gasteiger partial charge in [0.1, 0.15) is 0 Å². The Kier molecular flexibility index (Phi) is 4.94. The highest BCUT2D eigenvalue weighted by Gasteiger charge is 2.22. The average Bonchev–Trinajstić information content (AvgIpc) is 2.41. The van der Waals surface area contributed by atoms with Gasteiger partial charge in [0.15, 0.2) is 0 Å². The van der Waals surface area contributed by atoms with Gasteiger partial charge in [-0.1, -0.05) is 19.8 Å². The zero-order chi connectivity index (χ0) is 13.7. The van der Waals surface area contributed by atoms with Crippen LogP contribution >= 0.6 is 0 Å². The molecule has 0 bridgehead atoms. The summed E-state index contributed by atoms with van der Waals surface area (Å²) in [6.07, 6.45) is 9.08.